The summed E-state index contributed by atoms with van der Waals surface area (Å²) in [5, 5.41) is 4.15. The summed E-state index contributed by atoms with van der Waals surface area (Å²) in [5.41, 5.74) is 3.86. The highest BCUT2D eigenvalue weighted by Gasteiger charge is 2.19. The highest BCUT2D eigenvalue weighted by molar-refractivity contribution is 7.05. The van der Waals surface area contributed by atoms with Crippen LogP contribution in [0.4, 0.5) is 0 Å². The van der Waals surface area contributed by atoms with Gasteiger partial charge in [-0.1, -0.05) is 18.3 Å². The van der Waals surface area contributed by atoms with Gasteiger partial charge in [0.05, 0.1) is 16.6 Å². The first-order valence-electron chi connectivity index (χ1n) is 5.38. The predicted octanol–water partition coefficient (Wildman–Crippen LogP) is 1.97. The summed E-state index contributed by atoms with van der Waals surface area (Å²) < 4.78 is 4.00. The fraction of sp³-hybridized carbons (Fsp3) is 0.636. The van der Waals surface area contributed by atoms with Crippen molar-refractivity contribution >= 4 is 11.5 Å². The summed E-state index contributed by atoms with van der Waals surface area (Å²) in [6.07, 6.45) is 1.72. The summed E-state index contributed by atoms with van der Waals surface area (Å²) >= 11 is 1.42. The highest BCUT2D eigenvalue weighted by atomic mass is 32.1. The molecule has 1 unspecified atom stereocenters. The minimum atomic E-state index is 0.109. The SMILES string of the molecule is CC#CCCC(NN)c1snnc1C(C)C. The lowest BCUT2D eigenvalue weighted by Gasteiger charge is -2.14. The molecule has 0 bridgehead atoms. The summed E-state index contributed by atoms with van der Waals surface area (Å²) in [7, 11) is 0. The van der Waals surface area contributed by atoms with E-state index in [1.165, 1.54) is 11.5 Å². The second-order valence-electron chi connectivity index (χ2n) is 3.86. The zero-order chi connectivity index (χ0) is 12.0. The molecule has 1 atom stereocenters. The van der Waals surface area contributed by atoms with Crippen LogP contribution in [0.5, 0.6) is 0 Å². The van der Waals surface area contributed by atoms with E-state index in [1.807, 2.05) is 6.92 Å². The Hall–Kier alpha value is -0.960. The molecule has 0 saturated heterocycles. The van der Waals surface area contributed by atoms with Gasteiger partial charge in [-0.25, -0.2) is 0 Å². The molecular weight excluding hydrogens is 220 g/mol. The molecule has 3 N–H and O–H groups in total. The maximum Gasteiger partial charge on any atom is 0.0829 e. The third-order valence-corrected chi connectivity index (χ3v) is 3.19. The van der Waals surface area contributed by atoms with Crippen LogP contribution >= 0.6 is 11.5 Å². The summed E-state index contributed by atoms with van der Waals surface area (Å²) in [6, 6.07) is 0.109. The van der Waals surface area contributed by atoms with Crippen LogP contribution in [0.1, 0.15) is 56.1 Å². The lowest BCUT2D eigenvalue weighted by Crippen LogP contribution is -2.28. The molecule has 0 aliphatic rings. The Morgan fingerprint density at radius 1 is 1.50 bits per heavy atom. The summed E-state index contributed by atoms with van der Waals surface area (Å²) in [6.45, 7) is 6.07. The van der Waals surface area contributed by atoms with Crippen LogP contribution in [0.25, 0.3) is 0 Å². The van der Waals surface area contributed by atoms with Crippen LogP contribution in [0.3, 0.4) is 0 Å². The number of nitrogens with zero attached hydrogens (tertiary/aromatic N) is 2. The van der Waals surface area contributed by atoms with E-state index in [0.717, 1.165) is 23.4 Å². The molecule has 0 aromatic carbocycles. The molecule has 5 heteroatoms. The Balaban J connectivity index is 2.76. The van der Waals surface area contributed by atoms with Gasteiger partial charge in [-0.3, -0.25) is 11.3 Å². The fourth-order valence-electron chi connectivity index (χ4n) is 1.48. The van der Waals surface area contributed by atoms with Crippen molar-refractivity contribution in [3.8, 4) is 11.8 Å². The number of rotatable bonds is 5. The molecule has 1 aromatic heterocycles. The Labute approximate surface area is 101 Å². The van der Waals surface area contributed by atoms with E-state index < -0.39 is 0 Å². The lowest BCUT2D eigenvalue weighted by molar-refractivity contribution is 0.524. The van der Waals surface area contributed by atoms with Crippen molar-refractivity contribution in [3.05, 3.63) is 10.6 Å². The summed E-state index contributed by atoms with van der Waals surface area (Å²) in [5.74, 6) is 11.9. The molecule has 0 fully saturated rings. The van der Waals surface area contributed by atoms with E-state index >= 15 is 0 Å². The van der Waals surface area contributed by atoms with Crippen molar-refractivity contribution in [2.24, 2.45) is 5.84 Å². The van der Waals surface area contributed by atoms with E-state index in [0.29, 0.717) is 5.92 Å². The van der Waals surface area contributed by atoms with Gasteiger partial charge in [0.1, 0.15) is 0 Å². The van der Waals surface area contributed by atoms with Gasteiger partial charge in [-0.2, -0.15) is 0 Å². The van der Waals surface area contributed by atoms with Gasteiger partial charge in [0.2, 0.25) is 0 Å². The van der Waals surface area contributed by atoms with Crippen molar-refractivity contribution in [1.82, 2.24) is 15.0 Å². The maximum atomic E-state index is 5.57. The zero-order valence-electron chi connectivity index (χ0n) is 9.95. The molecule has 1 rings (SSSR count). The molecule has 0 amide bonds. The van der Waals surface area contributed by atoms with Gasteiger partial charge < -0.3 is 0 Å². The monoisotopic (exact) mass is 238 g/mol. The second-order valence-corrected chi connectivity index (χ2v) is 4.65. The highest BCUT2D eigenvalue weighted by Crippen LogP contribution is 2.28. The zero-order valence-corrected chi connectivity index (χ0v) is 10.8. The normalized spacial score (nSPS) is 12.3. The average molecular weight is 238 g/mol. The third kappa shape index (κ3) is 3.27. The molecule has 0 saturated carbocycles. The Morgan fingerprint density at radius 2 is 2.25 bits per heavy atom. The second kappa shape index (κ2) is 6.59. The number of hydrogen-bond acceptors (Lipinski definition) is 5. The molecule has 1 aromatic rings. The van der Waals surface area contributed by atoms with Gasteiger partial charge in [0.25, 0.3) is 0 Å². The van der Waals surface area contributed by atoms with Crippen LogP contribution in [0.15, 0.2) is 0 Å². The minimum absolute atomic E-state index is 0.109. The Kier molecular flexibility index (Phi) is 5.39. The largest absolute Gasteiger partial charge is 0.271 e. The van der Waals surface area contributed by atoms with Gasteiger partial charge >= 0.3 is 0 Å². The van der Waals surface area contributed by atoms with Gasteiger partial charge in [0, 0.05) is 6.42 Å². The van der Waals surface area contributed by atoms with Crippen molar-refractivity contribution in [1.29, 1.82) is 0 Å². The van der Waals surface area contributed by atoms with E-state index in [4.69, 9.17) is 5.84 Å². The number of nitrogens with one attached hydrogen (secondary N) is 1. The number of hydrogen-bond donors (Lipinski definition) is 2. The molecule has 1 heterocycles. The number of aromatic nitrogens is 2. The molecule has 0 aliphatic heterocycles. The molecule has 88 valence electrons. The quantitative estimate of drug-likeness (QED) is 0.467. The minimum Gasteiger partial charge on any atom is -0.271 e. The van der Waals surface area contributed by atoms with Crippen LogP contribution in [0, 0.1) is 11.8 Å². The molecule has 0 aliphatic carbocycles. The first-order valence-corrected chi connectivity index (χ1v) is 6.15. The number of nitrogens with two attached hydrogens (primary N) is 1. The molecular formula is C11H18N4S. The lowest BCUT2D eigenvalue weighted by atomic mass is 10.0. The van der Waals surface area contributed by atoms with Gasteiger partial charge in [0.15, 0.2) is 0 Å². The van der Waals surface area contributed by atoms with Crippen LogP contribution in [0.2, 0.25) is 0 Å². The summed E-state index contributed by atoms with van der Waals surface area (Å²) in [4.78, 5) is 1.13. The average Bonchev–Trinajstić information content (AvgIpc) is 2.73. The fourth-order valence-corrected chi connectivity index (χ4v) is 2.38. The van der Waals surface area contributed by atoms with Crippen LogP contribution < -0.4 is 11.3 Å². The van der Waals surface area contributed by atoms with E-state index in [2.05, 4.69) is 40.7 Å². The standard InChI is InChI=1S/C11H18N4S/c1-4-5-6-7-9(13-12)11-10(8(2)3)14-15-16-11/h8-9,13H,6-7,12H2,1-3H3. The molecule has 0 radical (unpaired) electrons. The van der Waals surface area contributed by atoms with E-state index in [-0.39, 0.29) is 6.04 Å². The third-order valence-electron chi connectivity index (χ3n) is 2.34. The van der Waals surface area contributed by atoms with Crippen LogP contribution in [-0.4, -0.2) is 9.59 Å². The van der Waals surface area contributed by atoms with Crippen molar-refractivity contribution < 1.29 is 0 Å². The topological polar surface area (TPSA) is 63.8 Å². The van der Waals surface area contributed by atoms with Crippen molar-refractivity contribution in [3.63, 3.8) is 0 Å². The molecule has 4 nitrogen and oxygen atoms in total. The Morgan fingerprint density at radius 3 is 2.81 bits per heavy atom. The Bertz CT molecular complexity index is 375. The van der Waals surface area contributed by atoms with Crippen molar-refractivity contribution in [2.75, 3.05) is 0 Å². The van der Waals surface area contributed by atoms with Gasteiger partial charge in [-0.05, 0) is 30.8 Å². The first-order chi connectivity index (χ1) is 7.70. The molecule has 16 heavy (non-hydrogen) atoms. The maximum absolute atomic E-state index is 5.57. The van der Waals surface area contributed by atoms with E-state index in [1.54, 1.807) is 0 Å². The smallest absolute Gasteiger partial charge is 0.0829 e. The predicted molar refractivity (Wildman–Crippen MR) is 66.7 cm³/mol. The van der Waals surface area contributed by atoms with Gasteiger partial charge in [-0.15, -0.1) is 16.9 Å². The van der Waals surface area contributed by atoms with Crippen LogP contribution in [-0.2, 0) is 0 Å². The molecule has 0 spiro atoms. The van der Waals surface area contributed by atoms with E-state index in [9.17, 15) is 0 Å². The van der Waals surface area contributed by atoms with Crippen molar-refractivity contribution in [2.45, 2.75) is 45.6 Å². The first kappa shape index (κ1) is 13.1. The number of hydrazine groups is 1.